The van der Waals surface area contributed by atoms with Crippen LogP contribution in [-0.2, 0) is 0 Å². The van der Waals surface area contributed by atoms with E-state index in [1.165, 1.54) is 43.4 Å². The van der Waals surface area contributed by atoms with Gasteiger partial charge in [-0.05, 0) is 175 Å². The van der Waals surface area contributed by atoms with Crippen molar-refractivity contribution < 1.29 is 0 Å². The minimum atomic E-state index is 1.03. The number of nitrogens with zero attached hydrogens (tertiary/aromatic N) is 6. The summed E-state index contributed by atoms with van der Waals surface area (Å²) < 4.78 is 4.93. The summed E-state index contributed by atoms with van der Waals surface area (Å²) in [5.74, 6) is 0. The monoisotopic (exact) mass is 1220 g/mol. The zero-order chi connectivity index (χ0) is 63.5. The van der Waals surface area contributed by atoms with Crippen LogP contribution >= 0.6 is 0 Å². The van der Waals surface area contributed by atoms with Crippen LogP contribution in [0, 0.1) is 0 Å². The Bertz CT molecular complexity index is 5460. The van der Waals surface area contributed by atoms with Crippen molar-refractivity contribution in [3.05, 3.63) is 365 Å². The molecule has 4 heterocycles. The van der Waals surface area contributed by atoms with Crippen molar-refractivity contribution in [2.75, 3.05) is 9.80 Å². The molecule has 0 aliphatic heterocycles. The highest BCUT2D eigenvalue weighted by Crippen LogP contribution is 2.52. The zero-order valence-corrected chi connectivity index (χ0v) is 52.3. The number of pyridine rings is 2. The van der Waals surface area contributed by atoms with Crippen molar-refractivity contribution in [1.82, 2.24) is 19.1 Å². The fraction of sp³-hybridized carbons (Fsp3) is 0. The molecule has 0 amide bonds. The lowest BCUT2D eigenvalue weighted by molar-refractivity contribution is 1.13. The first-order valence-electron chi connectivity index (χ1n) is 32.7. The molecule has 0 saturated carbocycles. The molecule has 96 heavy (non-hydrogen) atoms. The first kappa shape index (κ1) is 55.9. The van der Waals surface area contributed by atoms with Crippen LogP contribution in [0.4, 0.5) is 34.1 Å². The number of fused-ring (bicyclic) bond motifs is 2. The Morgan fingerprint density at radius 2 is 0.531 bits per heavy atom. The molecule has 6 heteroatoms. The molecule has 0 fully saturated rings. The van der Waals surface area contributed by atoms with Crippen molar-refractivity contribution in [2.24, 2.45) is 0 Å². The standard InChI is InChI=1S/C90H60N6/c1-7-19-65(20-8-1)87-79-47-43-75(59-83(79)95(71-27-15-5-16-28-71)89(87)69-23-11-3-12-24-69)93(73-39-31-61(32-40-73)63-51-55-91-56-52-63)81-49-37-67-36-46-78-82(50-38-68-35-45-77(81)85(67)86(68)78)94(74-41-33-62(34-42-74)64-53-57-92-58-54-64)76-44-48-80-84(60-76)96(72-29-17-6-18-30-72)90(70-25-13-4-14-26-70)88(80)66-21-9-2-10-22-66/h1-60H. The summed E-state index contributed by atoms with van der Waals surface area (Å²) in [5, 5.41) is 9.37. The van der Waals surface area contributed by atoms with Crippen LogP contribution in [0.5, 0.6) is 0 Å². The quantitative estimate of drug-likeness (QED) is 0.102. The lowest BCUT2D eigenvalue weighted by Crippen LogP contribution is -2.12. The average molecular weight is 1230 g/mol. The number of benzene rings is 14. The molecule has 450 valence electrons. The van der Waals surface area contributed by atoms with Gasteiger partial charge in [0.1, 0.15) is 0 Å². The number of hydrogen-bond acceptors (Lipinski definition) is 4. The van der Waals surface area contributed by atoms with Gasteiger partial charge < -0.3 is 18.9 Å². The van der Waals surface area contributed by atoms with E-state index < -0.39 is 0 Å². The van der Waals surface area contributed by atoms with Gasteiger partial charge in [0.05, 0.1) is 33.8 Å². The average Bonchev–Trinajstić information content (AvgIpc) is 1.44. The summed E-state index contributed by atoms with van der Waals surface area (Å²) in [4.78, 5) is 13.6. The van der Waals surface area contributed by atoms with Gasteiger partial charge in [0.2, 0.25) is 0 Å². The third-order valence-electron chi connectivity index (χ3n) is 19.0. The third-order valence-corrected chi connectivity index (χ3v) is 19.0. The molecule has 0 radical (unpaired) electrons. The maximum Gasteiger partial charge on any atom is 0.0619 e. The van der Waals surface area contributed by atoms with Crippen LogP contribution in [0.15, 0.2) is 365 Å². The molecule has 0 saturated heterocycles. The van der Waals surface area contributed by atoms with Crippen molar-refractivity contribution >= 4 is 88.2 Å². The summed E-state index contributed by atoms with van der Waals surface area (Å²) in [7, 11) is 0. The molecule has 18 aromatic rings. The fourth-order valence-electron chi connectivity index (χ4n) is 14.8. The Labute approximate surface area is 556 Å². The predicted molar refractivity (Wildman–Crippen MR) is 401 cm³/mol. The second-order valence-electron chi connectivity index (χ2n) is 24.5. The van der Waals surface area contributed by atoms with E-state index in [0.29, 0.717) is 0 Å². The first-order valence-corrected chi connectivity index (χ1v) is 32.7. The molecule has 0 aliphatic carbocycles. The van der Waals surface area contributed by atoms with Gasteiger partial charge in [-0.25, -0.2) is 0 Å². The fourth-order valence-corrected chi connectivity index (χ4v) is 14.8. The molecule has 0 atom stereocenters. The number of aromatic nitrogens is 4. The molecule has 6 nitrogen and oxygen atoms in total. The Morgan fingerprint density at radius 1 is 0.229 bits per heavy atom. The molecular formula is C90H60N6. The summed E-state index contributed by atoms with van der Waals surface area (Å²) in [5.41, 5.74) is 24.4. The van der Waals surface area contributed by atoms with E-state index in [1.54, 1.807) is 0 Å². The number of para-hydroxylation sites is 2. The first-order chi connectivity index (χ1) is 47.7. The highest BCUT2D eigenvalue weighted by Gasteiger charge is 2.28. The van der Waals surface area contributed by atoms with Gasteiger partial charge in [0, 0.05) is 91.6 Å². The summed E-state index contributed by atoms with van der Waals surface area (Å²) in [6.45, 7) is 0. The third kappa shape index (κ3) is 9.58. The van der Waals surface area contributed by atoms with Crippen molar-refractivity contribution in [3.8, 4) is 78.4 Å². The normalized spacial score (nSPS) is 11.5. The van der Waals surface area contributed by atoms with Crippen molar-refractivity contribution in [3.63, 3.8) is 0 Å². The van der Waals surface area contributed by atoms with E-state index in [-0.39, 0.29) is 0 Å². The summed E-state index contributed by atoms with van der Waals surface area (Å²) in [6, 6.07) is 124. The van der Waals surface area contributed by atoms with Crippen LogP contribution < -0.4 is 9.80 Å². The minimum absolute atomic E-state index is 1.03. The van der Waals surface area contributed by atoms with E-state index in [2.05, 4.69) is 369 Å². The Kier molecular flexibility index (Phi) is 13.8. The van der Waals surface area contributed by atoms with Gasteiger partial charge in [0.25, 0.3) is 0 Å². The maximum atomic E-state index is 4.35. The van der Waals surface area contributed by atoms with Gasteiger partial charge in [-0.1, -0.05) is 231 Å². The highest BCUT2D eigenvalue weighted by molar-refractivity contribution is 6.28. The second kappa shape index (κ2) is 23.7. The van der Waals surface area contributed by atoms with Crippen LogP contribution in [0.3, 0.4) is 0 Å². The van der Waals surface area contributed by atoms with Crippen molar-refractivity contribution in [2.45, 2.75) is 0 Å². The predicted octanol–water partition coefficient (Wildman–Crippen LogP) is 24.2. The summed E-state index contributed by atoms with van der Waals surface area (Å²) in [6.07, 6.45) is 7.45. The molecule has 18 rings (SSSR count). The Morgan fingerprint density at radius 3 is 0.896 bits per heavy atom. The SMILES string of the molecule is c1ccc(-c2c(-c3ccccc3)n(-c3ccccc3)c3cc(N(c4ccc(-c5ccncc5)cc4)c4ccc5ccc6c(N(c7ccc(-c8ccncc8)cc7)c7ccc8c(-c9ccccc9)c(-c9ccccc9)n(-c9ccccc9)c8c7)ccc7ccc4c5c76)ccc23)cc1. The molecule has 14 aromatic carbocycles. The van der Waals surface area contributed by atoms with Gasteiger partial charge in [-0.15, -0.1) is 0 Å². The smallest absolute Gasteiger partial charge is 0.0619 e. The molecule has 0 spiro atoms. The van der Waals surface area contributed by atoms with E-state index in [0.717, 1.165) is 123 Å². The molecular weight excluding hydrogens is 1170 g/mol. The van der Waals surface area contributed by atoms with Gasteiger partial charge >= 0.3 is 0 Å². The van der Waals surface area contributed by atoms with Crippen LogP contribution in [0.2, 0.25) is 0 Å². The lowest BCUT2D eigenvalue weighted by Gasteiger charge is -2.30. The zero-order valence-electron chi connectivity index (χ0n) is 52.3. The maximum absolute atomic E-state index is 4.35. The van der Waals surface area contributed by atoms with Crippen LogP contribution in [0.25, 0.3) is 133 Å². The molecule has 0 N–H and O–H groups in total. The number of rotatable bonds is 14. The molecule has 0 bridgehead atoms. The van der Waals surface area contributed by atoms with E-state index in [1.807, 2.05) is 24.8 Å². The number of anilines is 6. The minimum Gasteiger partial charge on any atom is -0.310 e. The molecule has 0 aliphatic rings. The Balaban J connectivity index is 0.873. The van der Waals surface area contributed by atoms with E-state index in [4.69, 9.17) is 0 Å². The van der Waals surface area contributed by atoms with Gasteiger partial charge in [-0.2, -0.15) is 0 Å². The Hall–Kier alpha value is -12.9. The van der Waals surface area contributed by atoms with Crippen molar-refractivity contribution in [1.29, 1.82) is 0 Å². The van der Waals surface area contributed by atoms with E-state index in [9.17, 15) is 0 Å². The largest absolute Gasteiger partial charge is 0.310 e. The van der Waals surface area contributed by atoms with E-state index >= 15 is 0 Å². The summed E-state index contributed by atoms with van der Waals surface area (Å²) >= 11 is 0. The van der Waals surface area contributed by atoms with Crippen LogP contribution in [-0.4, -0.2) is 19.1 Å². The highest BCUT2D eigenvalue weighted by atomic mass is 15.2. The van der Waals surface area contributed by atoms with Gasteiger partial charge in [-0.3, -0.25) is 9.97 Å². The number of hydrogen-bond donors (Lipinski definition) is 0. The lowest BCUT2D eigenvalue weighted by atomic mass is 9.91. The second-order valence-corrected chi connectivity index (χ2v) is 24.5. The van der Waals surface area contributed by atoms with Gasteiger partial charge in [0.15, 0.2) is 0 Å². The van der Waals surface area contributed by atoms with Crippen LogP contribution in [0.1, 0.15) is 0 Å². The molecule has 0 unspecified atom stereocenters. The topological polar surface area (TPSA) is 42.1 Å². The molecule has 4 aromatic heterocycles.